The van der Waals surface area contributed by atoms with Crippen molar-refractivity contribution in [3.05, 3.63) is 58.7 Å². The molecule has 148 valence electrons. The summed E-state index contributed by atoms with van der Waals surface area (Å²) in [5.41, 5.74) is 13.2. The number of rotatable bonds is 7. The maximum Gasteiger partial charge on any atom is 0.121 e. The van der Waals surface area contributed by atoms with E-state index in [4.69, 9.17) is 15.7 Å². The molecule has 1 aliphatic carbocycles. The second kappa shape index (κ2) is 8.41. The van der Waals surface area contributed by atoms with E-state index in [1.807, 2.05) is 6.20 Å². The van der Waals surface area contributed by atoms with Crippen LogP contribution < -0.4 is 5.73 Å². The van der Waals surface area contributed by atoms with Gasteiger partial charge in [-0.15, -0.1) is 0 Å². The van der Waals surface area contributed by atoms with Gasteiger partial charge in [0.05, 0.1) is 29.3 Å². The van der Waals surface area contributed by atoms with Crippen LogP contribution in [0.1, 0.15) is 59.9 Å². The molecule has 5 nitrogen and oxygen atoms in total. The fourth-order valence-electron chi connectivity index (χ4n) is 4.33. The minimum atomic E-state index is 0.361. The molecular formula is C23H31N5. The van der Waals surface area contributed by atoms with Crippen LogP contribution in [0.15, 0.2) is 30.5 Å². The minimum absolute atomic E-state index is 0.361. The largest absolute Gasteiger partial charge is 0.341 e. The molecule has 1 unspecified atom stereocenters. The highest BCUT2D eigenvalue weighted by molar-refractivity contribution is 5.77. The number of aromatic amines is 1. The first-order valence-electron chi connectivity index (χ1n) is 10.5. The van der Waals surface area contributed by atoms with Crippen molar-refractivity contribution in [3.63, 3.8) is 0 Å². The Bertz CT molecular complexity index is 906. The van der Waals surface area contributed by atoms with E-state index >= 15 is 0 Å². The molecule has 0 spiro atoms. The average Bonchev–Trinajstić information content (AvgIpc) is 3.08. The zero-order valence-electron chi connectivity index (χ0n) is 17.0. The summed E-state index contributed by atoms with van der Waals surface area (Å²) in [5.74, 6) is 1.04. The number of pyridine rings is 1. The molecule has 0 fully saturated rings. The molecular weight excluding hydrogens is 346 g/mol. The average molecular weight is 378 g/mol. The highest BCUT2D eigenvalue weighted by Gasteiger charge is 2.27. The number of nitrogens with two attached hydrogens (primary N) is 1. The Kier molecular flexibility index (Phi) is 5.74. The topological polar surface area (TPSA) is 70.8 Å². The van der Waals surface area contributed by atoms with Gasteiger partial charge in [0.1, 0.15) is 5.82 Å². The number of fused-ring (bicyclic) bond motifs is 2. The van der Waals surface area contributed by atoms with Crippen molar-refractivity contribution in [2.45, 2.75) is 58.5 Å². The third-order valence-electron chi connectivity index (χ3n) is 6.00. The van der Waals surface area contributed by atoms with Crippen molar-refractivity contribution >= 4 is 11.0 Å². The van der Waals surface area contributed by atoms with E-state index in [1.165, 1.54) is 28.8 Å². The van der Waals surface area contributed by atoms with Gasteiger partial charge in [-0.05, 0) is 93.9 Å². The second-order valence-corrected chi connectivity index (χ2v) is 8.06. The van der Waals surface area contributed by atoms with Crippen LogP contribution in [0, 0.1) is 13.8 Å². The molecule has 1 aromatic carbocycles. The van der Waals surface area contributed by atoms with Crippen LogP contribution in [0.4, 0.5) is 0 Å². The zero-order chi connectivity index (χ0) is 19.5. The van der Waals surface area contributed by atoms with Crippen LogP contribution in [0.3, 0.4) is 0 Å². The lowest BCUT2D eigenvalue weighted by molar-refractivity contribution is 0.159. The van der Waals surface area contributed by atoms with Gasteiger partial charge in [-0.25, -0.2) is 4.98 Å². The van der Waals surface area contributed by atoms with Crippen LogP contribution in [-0.2, 0) is 13.0 Å². The van der Waals surface area contributed by atoms with Crippen LogP contribution in [0.5, 0.6) is 0 Å². The van der Waals surface area contributed by atoms with Crippen molar-refractivity contribution < 1.29 is 0 Å². The first-order chi connectivity index (χ1) is 13.7. The van der Waals surface area contributed by atoms with E-state index in [-0.39, 0.29) is 0 Å². The summed E-state index contributed by atoms with van der Waals surface area (Å²) in [6, 6.07) is 9.04. The Balaban J connectivity index is 1.62. The van der Waals surface area contributed by atoms with E-state index < -0.39 is 0 Å². The van der Waals surface area contributed by atoms with Gasteiger partial charge < -0.3 is 10.7 Å². The number of unbranched alkanes of at least 4 members (excludes halogenated alkanes) is 1. The monoisotopic (exact) mass is 377 g/mol. The number of aromatic nitrogens is 3. The number of aryl methyl sites for hydroxylation is 3. The van der Waals surface area contributed by atoms with Crippen molar-refractivity contribution in [1.29, 1.82) is 0 Å². The molecule has 0 saturated carbocycles. The van der Waals surface area contributed by atoms with Crippen molar-refractivity contribution in [1.82, 2.24) is 19.9 Å². The third-order valence-corrected chi connectivity index (χ3v) is 6.00. The standard InChI is InChI=1S/C23H31N5/c1-16-13-19-20(14-17(16)2)27-22(26-19)15-28(12-4-3-10-24)21-9-5-7-18-8-6-11-25-23(18)21/h6,8,11,13-14,21H,3-5,7,9-10,12,15,24H2,1-2H3,(H,26,27). The van der Waals surface area contributed by atoms with Crippen LogP contribution >= 0.6 is 0 Å². The van der Waals surface area contributed by atoms with Crippen molar-refractivity contribution in [2.75, 3.05) is 13.1 Å². The number of benzene rings is 1. The summed E-state index contributed by atoms with van der Waals surface area (Å²) in [5, 5.41) is 0. The summed E-state index contributed by atoms with van der Waals surface area (Å²) < 4.78 is 0. The Labute approximate surface area is 167 Å². The Morgan fingerprint density at radius 2 is 2.07 bits per heavy atom. The molecule has 2 aromatic heterocycles. The second-order valence-electron chi connectivity index (χ2n) is 8.06. The molecule has 3 N–H and O–H groups in total. The summed E-state index contributed by atoms with van der Waals surface area (Å²) in [4.78, 5) is 15.8. The van der Waals surface area contributed by atoms with Gasteiger partial charge in [-0.1, -0.05) is 6.07 Å². The summed E-state index contributed by atoms with van der Waals surface area (Å²) >= 11 is 0. The molecule has 0 amide bonds. The van der Waals surface area contributed by atoms with Gasteiger partial charge in [0.15, 0.2) is 0 Å². The number of hydrogen-bond acceptors (Lipinski definition) is 4. The zero-order valence-corrected chi connectivity index (χ0v) is 17.0. The van der Waals surface area contributed by atoms with E-state index in [1.54, 1.807) is 0 Å². The Morgan fingerprint density at radius 1 is 1.21 bits per heavy atom. The van der Waals surface area contributed by atoms with Crippen LogP contribution in [-0.4, -0.2) is 32.9 Å². The quantitative estimate of drug-likeness (QED) is 0.606. The molecule has 4 rings (SSSR count). The molecule has 0 aliphatic heterocycles. The van der Waals surface area contributed by atoms with Gasteiger partial charge in [-0.2, -0.15) is 0 Å². The molecule has 0 saturated heterocycles. The number of nitrogens with one attached hydrogen (secondary N) is 1. The molecule has 3 aromatic rings. The molecule has 28 heavy (non-hydrogen) atoms. The number of hydrogen-bond donors (Lipinski definition) is 2. The summed E-state index contributed by atoms with van der Waals surface area (Å²) in [6.45, 7) is 6.88. The SMILES string of the molecule is Cc1cc2nc(CN(CCCCN)C3CCCc4cccnc43)[nH]c2cc1C. The predicted octanol–water partition coefficient (Wildman–Crippen LogP) is 4.19. The molecule has 0 bridgehead atoms. The molecule has 5 heteroatoms. The Morgan fingerprint density at radius 3 is 2.93 bits per heavy atom. The third kappa shape index (κ3) is 3.96. The molecule has 2 heterocycles. The smallest absolute Gasteiger partial charge is 0.121 e. The lowest BCUT2D eigenvalue weighted by Gasteiger charge is -2.34. The van der Waals surface area contributed by atoms with E-state index in [0.29, 0.717) is 6.04 Å². The molecule has 1 aliphatic rings. The fraction of sp³-hybridized carbons (Fsp3) is 0.478. The molecule has 1 atom stereocenters. The number of nitrogens with zero attached hydrogens (tertiary/aromatic N) is 3. The maximum absolute atomic E-state index is 5.75. The number of imidazole rings is 1. The van der Waals surface area contributed by atoms with E-state index in [9.17, 15) is 0 Å². The number of H-pyrrole nitrogens is 1. The Hall–Kier alpha value is -2.24. The molecule has 0 radical (unpaired) electrons. The normalized spacial score (nSPS) is 16.6. The summed E-state index contributed by atoms with van der Waals surface area (Å²) in [6.07, 6.45) is 7.60. The highest BCUT2D eigenvalue weighted by atomic mass is 15.2. The van der Waals surface area contributed by atoms with E-state index in [2.05, 4.69) is 48.0 Å². The van der Waals surface area contributed by atoms with Crippen LogP contribution in [0.2, 0.25) is 0 Å². The fourth-order valence-corrected chi connectivity index (χ4v) is 4.33. The van der Waals surface area contributed by atoms with Gasteiger partial charge in [0, 0.05) is 6.20 Å². The highest BCUT2D eigenvalue weighted by Crippen LogP contribution is 2.34. The van der Waals surface area contributed by atoms with Gasteiger partial charge in [0.2, 0.25) is 0 Å². The van der Waals surface area contributed by atoms with Gasteiger partial charge in [0.25, 0.3) is 0 Å². The lowest BCUT2D eigenvalue weighted by atomic mass is 9.90. The summed E-state index contributed by atoms with van der Waals surface area (Å²) in [7, 11) is 0. The minimum Gasteiger partial charge on any atom is -0.341 e. The lowest BCUT2D eigenvalue weighted by Crippen LogP contribution is -2.33. The van der Waals surface area contributed by atoms with Gasteiger partial charge >= 0.3 is 0 Å². The van der Waals surface area contributed by atoms with Crippen LogP contribution in [0.25, 0.3) is 11.0 Å². The van der Waals surface area contributed by atoms with Crippen molar-refractivity contribution in [3.8, 4) is 0 Å². The predicted molar refractivity (Wildman–Crippen MR) is 114 cm³/mol. The van der Waals surface area contributed by atoms with Gasteiger partial charge in [-0.3, -0.25) is 9.88 Å². The first kappa shape index (κ1) is 19.1. The maximum atomic E-state index is 5.75. The first-order valence-corrected chi connectivity index (χ1v) is 10.5. The van der Waals surface area contributed by atoms with Crippen molar-refractivity contribution in [2.24, 2.45) is 5.73 Å². The van der Waals surface area contributed by atoms with E-state index in [0.717, 1.165) is 62.2 Å².